The van der Waals surface area contributed by atoms with Gasteiger partial charge in [0, 0.05) is 18.3 Å². The molecule has 3 N–H and O–H groups in total. The predicted octanol–water partition coefficient (Wildman–Crippen LogP) is 1.84. The summed E-state index contributed by atoms with van der Waals surface area (Å²) in [4.78, 5) is 17.4. The van der Waals surface area contributed by atoms with Gasteiger partial charge in [0.05, 0.1) is 12.0 Å². The Morgan fingerprint density at radius 2 is 2.38 bits per heavy atom. The van der Waals surface area contributed by atoms with Gasteiger partial charge in [-0.1, -0.05) is 18.2 Å². The lowest BCUT2D eigenvalue weighted by atomic mass is 10.1. The van der Waals surface area contributed by atoms with Crippen molar-refractivity contribution in [1.82, 2.24) is 15.3 Å². The van der Waals surface area contributed by atoms with Crippen LogP contribution in [0.5, 0.6) is 0 Å². The Hall–Kier alpha value is -2.30. The van der Waals surface area contributed by atoms with Crippen LogP contribution in [0.3, 0.4) is 0 Å². The summed E-state index contributed by atoms with van der Waals surface area (Å²) in [6.45, 7) is 0.299. The number of rotatable bonds is 3. The number of aromatic nitrogens is 2. The van der Waals surface area contributed by atoms with E-state index in [2.05, 4.69) is 15.3 Å². The largest absolute Gasteiger partial charge is 0.465 e. The SMILES string of the molecule is O=C(O)NCc1cccc(-c2c[nH]cn2)c1. The van der Waals surface area contributed by atoms with E-state index in [1.165, 1.54) is 0 Å². The second-order valence-corrected chi connectivity index (χ2v) is 3.31. The third kappa shape index (κ3) is 2.38. The smallest absolute Gasteiger partial charge is 0.404 e. The molecule has 1 heterocycles. The summed E-state index contributed by atoms with van der Waals surface area (Å²) in [6.07, 6.45) is 2.38. The first-order valence-corrected chi connectivity index (χ1v) is 4.80. The number of imidazole rings is 1. The van der Waals surface area contributed by atoms with E-state index >= 15 is 0 Å². The van der Waals surface area contributed by atoms with Crippen LogP contribution in [0.2, 0.25) is 0 Å². The minimum absolute atomic E-state index is 0.299. The van der Waals surface area contributed by atoms with E-state index in [9.17, 15) is 4.79 Å². The highest BCUT2D eigenvalue weighted by Crippen LogP contribution is 2.17. The molecule has 1 aromatic heterocycles. The van der Waals surface area contributed by atoms with Crippen molar-refractivity contribution in [3.05, 3.63) is 42.4 Å². The maximum atomic E-state index is 10.4. The molecular weight excluding hydrogens is 206 g/mol. The summed E-state index contributed by atoms with van der Waals surface area (Å²) in [5.74, 6) is 0. The summed E-state index contributed by atoms with van der Waals surface area (Å²) in [5.41, 5.74) is 2.71. The summed E-state index contributed by atoms with van der Waals surface area (Å²) in [6, 6.07) is 7.58. The molecule has 0 saturated carbocycles. The molecule has 82 valence electrons. The van der Waals surface area contributed by atoms with Crippen molar-refractivity contribution in [2.24, 2.45) is 0 Å². The molecule has 0 aliphatic rings. The van der Waals surface area contributed by atoms with Crippen molar-refractivity contribution in [2.45, 2.75) is 6.54 Å². The Morgan fingerprint density at radius 1 is 1.50 bits per heavy atom. The average Bonchev–Trinajstić information content (AvgIpc) is 2.80. The fourth-order valence-electron chi connectivity index (χ4n) is 1.44. The number of benzene rings is 1. The van der Waals surface area contributed by atoms with Gasteiger partial charge in [0.2, 0.25) is 0 Å². The molecule has 0 saturated heterocycles. The van der Waals surface area contributed by atoms with Gasteiger partial charge in [0.15, 0.2) is 0 Å². The van der Waals surface area contributed by atoms with E-state index in [-0.39, 0.29) is 0 Å². The maximum Gasteiger partial charge on any atom is 0.404 e. The fraction of sp³-hybridized carbons (Fsp3) is 0.0909. The van der Waals surface area contributed by atoms with E-state index in [0.29, 0.717) is 6.54 Å². The highest BCUT2D eigenvalue weighted by atomic mass is 16.4. The summed E-state index contributed by atoms with van der Waals surface area (Å²) < 4.78 is 0. The van der Waals surface area contributed by atoms with Gasteiger partial charge in [-0.3, -0.25) is 0 Å². The molecule has 5 nitrogen and oxygen atoms in total. The van der Waals surface area contributed by atoms with Crippen LogP contribution >= 0.6 is 0 Å². The van der Waals surface area contributed by atoms with Gasteiger partial charge in [-0.15, -0.1) is 0 Å². The maximum absolute atomic E-state index is 10.4. The topological polar surface area (TPSA) is 78.0 Å². The molecule has 0 radical (unpaired) electrons. The highest BCUT2D eigenvalue weighted by Gasteiger charge is 2.01. The van der Waals surface area contributed by atoms with Gasteiger partial charge in [-0.2, -0.15) is 0 Å². The number of hydrogen-bond acceptors (Lipinski definition) is 2. The quantitative estimate of drug-likeness (QED) is 0.734. The lowest BCUT2D eigenvalue weighted by Gasteiger charge is -2.03. The van der Waals surface area contributed by atoms with Gasteiger partial charge < -0.3 is 15.4 Å². The molecular formula is C11H11N3O2. The second kappa shape index (κ2) is 4.48. The first kappa shape index (κ1) is 10.2. The van der Waals surface area contributed by atoms with Crippen LogP contribution in [-0.2, 0) is 6.54 Å². The Kier molecular flexibility index (Phi) is 2.86. The highest BCUT2D eigenvalue weighted by molar-refractivity contribution is 5.65. The van der Waals surface area contributed by atoms with Crippen LogP contribution in [-0.4, -0.2) is 21.2 Å². The van der Waals surface area contributed by atoms with Crippen LogP contribution in [0.1, 0.15) is 5.56 Å². The number of carbonyl (C=O) groups is 1. The van der Waals surface area contributed by atoms with Crippen LogP contribution in [0.15, 0.2) is 36.8 Å². The number of amides is 1. The van der Waals surface area contributed by atoms with Crippen molar-refractivity contribution >= 4 is 6.09 Å². The first-order chi connectivity index (χ1) is 7.75. The lowest BCUT2D eigenvalue weighted by molar-refractivity contribution is 0.194. The molecule has 0 spiro atoms. The molecule has 16 heavy (non-hydrogen) atoms. The third-order valence-electron chi connectivity index (χ3n) is 2.16. The van der Waals surface area contributed by atoms with Crippen molar-refractivity contribution in [3.8, 4) is 11.3 Å². The van der Waals surface area contributed by atoms with Crippen molar-refractivity contribution < 1.29 is 9.90 Å². The molecule has 2 aromatic rings. The van der Waals surface area contributed by atoms with Gasteiger partial charge in [-0.05, 0) is 11.6 Å². The number of hydrogen-bond donors (Lipinski definition) is 3. The monoisotopic (exact) mass is 217 g/mol. The fourth-order valence-corrected chi connectivity index (χ4v) is 1.44. The van der Waals surface area contributed by atoms with Crippen molar-refractivity contribution in [1.29, 1.82) is 0 Å². The Balaban J connectivity index is 2.17. The second-order valence-electron chi connectivity index (χ2n) is 3.31. The lowest BCUT2D eigenvalue weighted by Crippen LogP contribution is -2.19. The van der Waals surface area contributed by atoms with E-state index in [1.807, 2.05) is 24.3 Å². The Labute approximate surface area is 92.2 Å². The number of nitrogens with one attached hydrogen (secondary N) is 2. The van der Waals surface area contributed by atoms with Crippen molar-refractivity contribution in [3.63, 3.8) is 0 Å². The van der Waals surface area contributed by atoms with Crippen molar-refractivity contribution in [2.75, 3.05) is 0 Å². The van der Waals surface area contributed by atoms with E-state index in [4.69, 9.17) is 5.11 Å². The van der Waals surface area contributed by atoms with Gasteiger partial charge in [-0.25, -0.2) is 9.78 Å². The molecule has 0 bridgehead atoms. The molecule has 0 aliphatic carbocycles. The van der Waals surface area contributed by atoms with Crippen LogP contribution in [0.25, 0.3) is 11.3 Å². The van der Waals surface area contributed by atoms with Gasteiger partial charge in [0.1, 0.15) is 0 Å². The van der Waals surface area contributed by atoms with Crippen LogP contribution in [0, 0.1) is 0 Å². The third-order valence-corrected chi connectivity index (χ3v) is 2.16. The van der Waals surface area contributed by atoms with Crippen LogP contribution in [0.4, 0.5) is 4.79 Å². The standard InChI is InChI=1S/C11H11N3O2/c15-11(16)13-5-8-2-1-3-9(4-8)10-6-12-7-14-10/h1-4,6-7,13H,5H2,(H,12,14)(H,15,16). The molecule has 2 rings (SSSR count). The summed E-state index contributed by atoms with van der Waals surface area (Å²) in [7, 11) is 0. The molecule has 1 amide bonds. The molecule has 0 atom stereocenters. The molecule has 0 unspecified atom stereocenters. The average molecular weight is 217 g/mol. The molecule has 1 aromatic carbocycles. The number of nitrogens with zero attached hydrogens (tertiary/aromatic N) is 1. The Bertz CT molecular complexity index is 480. The minimum atomic E-state index is -1.02. The number of H-pyrrole nitrogens is 1. The zero-order valence-corrected chi connectivity index (χ0v) is 8.47. The molecule has 0 aliphatic heterocycles. The van der Waals surface area contributed by atoms with Gasteiger partial charge in [0.25, 0.3) is 0 Å². The van der Waals surface area contributed by atoms with E-state index in [1.54, 1.807) is 12.5 Å². The molecule has 0 fully saturated rings. The molecule has 5 heteroatoms. The van der Waals surface area contributed by atoms with E-state index in [0.717, 1.165) is 16.8 Å². The minimum Gasteiger partial charge on any atom is -0.465 e. The normalized spacial score (nSPS) is 10.0. The van der Waals surface area contributed by atoms with Gasteiger partial charge >= 0.3 is 6.09 Å². The number of aromatic amines is 1. The Morgan fingerprint density at radius 3 is 3.06 bits per heavy atom. The van der Waals surface area contributed by atoms with E-state index < -0.39 is 6.09 Å². The summed E-state index contributed by atoms with van der Waals surface area (Å²) >= 11 is 0. The summed E-state index contributed by atoms with van der Waals surface area (Å²) in [5, 5.41) is 10.8. The zero-order chi connectivity index (χ0) is 11.4. The predicted molar refractivity (Wildman–Crippen MR) is 58.9 cm³/mol. The van der Waals surface area contributed by atoms with Crippen LogP contribution < -0.4 is 5.32 Å². The number of carboxylic acid groups (broad SMARTS) is 1. The zero-order valence-electron chi connectivity index (χ0n) is 8.47. The first-order valence-electron chi connectivity index (χ1n) is 4.80.